The zero-order valence-corrected chi connectivity index (χ0v) is 36.2. The highest BCUT2D eigenvalue weighted by atomic mass is 16.8. The van der Waals surface area contributed by atoms with Crippen LogP contribution in [-0.4, -0.2) is 105 Å². The van der Waals surface area contributed by atoms with Gasteiger partial charge in [-0.15, -0.1) is 0 Å². The predicted octanol–water partition coefficient (Wildman–Crippen LogP) is 7.13. The maximum absolute atomic E-state index is 12.5. The van der Waals surface area contributed by atoms with Gasteiger partial charge in [0.15, 0.2) is 17.9 Å². The van der Waals surface area contributed by atoms with Crippen LogP contribution in [-0.2, 0) is 47.4 Å². The van der Waals surface area contributed by atoms with Crippen molar-refractivity contribution in [2.45, 2.75) is 179 Å². The Morgan fingerprint density at radius 3 is 2.35 bits per heavy atom. The number of hydrogen-bond acceptors (Lipinski definition) is 12. The van der Waals surface area contributed by atoms with Crippen molar-refractivity contribution < 1.29 is 57.3 Å². The summed E-state index contributed by atoms with van der Waals surface area (Å²) in [4.78, 5) is 12.5. The maximum atomic E-state index is 12.5. The van der Waals surface area contributed by atoms with Gasteiger partial charge in [0.05, 0.1) is 74.1 Å². The van der Waals surface area contributed by atoms with E-state index >= 15 is 0 Å². The van der Waals surface area contributed by atoms with Crippen LogP contribution < -0.4 is 4.74 Å². The lowest BCUT2D eigenvalue weighted by Gasteiger charge is -2.49. The van der Waals surface area contributed by atoms with Crippen molar-refractivity contribution in [2.75, 3.05) is 27.9 Å². The Labute approximate surface area is 340 Å². The second-order valence-electron chi connectivity index (χ2n) is 18.8. The van der Waals surface area contributed by atoms with Crippen molar-refractivity contribution in [3.05, 3.63) is 29.8 Å². The Balaban J connectivity index is 1.02. The zero-order valence-electron chi connectivity index (χ0n) is 36.2. The van der Waals surface area contributed by atoms with E-state index in [1.54, 1.807) is 14.2 Å². The van der Waals surface area contributed by atoms with Gasteiger partial charge in [-0.1, -0.05) is 53.7 Å². The Bertz CT molecular complexity index is 1540. The molecule has 6 aliphatic rings. The molecule has 57 heavy (non-hydrogen) atoms. The molecule has 1 N–H and O–H groups in total. The molecular formula is C45H70O12. The molecule has 12 nitrogen and oxygen atoms in total. The third-order valence-corrected chi connectivity index (χ3v) is 15.1. The SMILES string of the molecule is CC[C@@]1([C@@H]2O[C@H]([C@H]3O[C@@]4(CO[C@H](c5ccc(OC)cc5)O4)[C@H](C)C[C@@H]3C)C[C@@H]2C)CC[C@H]([C@@]2(C)CC[C@]3(C[C@H](O)[C@@H](C)[C@@H]([C@@H](C)[C@@H](OC)[C@H](C)C(=O)OC)O3)O2)O1. The summed E-state index contributed by atoms with van der Waals surface area (Å²) in [7, 11) is 4.66. The van der Waals surface area contributed by atoms with E-state index in [1.165, 1.54) is 7.11 Å². The van der Waals surface area contributed by atoms with E-state index in [4.69, 9.17) is 47.4 Å². The minimum Gasteiger partial charge on any atom is -0.497 e. The molecule has 0 amide bonds. The summed E-state index contributed by atoms with van der Waals surface area (Å²) in [5.74, 6) is -1.54. The number of esters is 1. The number of carbonyl (C=O) groups is 1. The Morgan fingerprint density at radius 1 is 0.947 bits per heavy atom. The number of ether oxygens (including phenoxy) is 10. The largest absolute Gasteiger partial charge is 0.497 e. The van der Waals surface area contributed by atoms with Crippen molar-refractivity contribution in [2.24, 2.45) is 35.5 Å². The summed E-state index contributed by atoms with van der Waals surface area (Å²) in [6.45, 7) is 17.3. The Kier molecular flexibility index (Phi) is 12.5. The minimum absolute atomic E-state index is 0.100. The molecule has 1 aromatic rings. The van der Waals surface area contributed by atoms with Gasteiger partial charge in [0.25, 0.3) is 0 Å². The number of methoxy groups -OCH3 is 3. The monoisotopic (exact) mass is 802 g/mol. The lowest BCUT2D eigenvalue weighted by Crippen LogP contribution is -2.57. The van der Waals surface area contributed by atoms with Gasteiger partial charge in [-0.3, -0.25) is 4.79 Å². The predicted molar refractivity (Wildman–Crippen MR) is 210 cm³/mol. The molecule has 2 spiro atoms. The van der Waals surface area contributed by atoms with Gasteiger partial charge in [0, 0.05) is 43.3 Å². The quantitative estimate of drug-likeness (QED) is 0.229. The molecule has 0 saturated carbocycles. The molecule has 0 aliphatic carbocycles. The van der Waals surface area contributed by atoms with Gasteiger partial charge in [-0.05, 0) is 76.3 Å². The molecular weight excluding hydrogens is 732 g/mol. The smallest absolute Gasteiger partial charge is 0.311 e. The van der Waals surface area contributed by atoms with Crippen LogP contribution in [0.15, 0.2) is 24.3 Å². The summed E-state index contributed by atoms with van der Waals surface area (Å²) < 4.78 is 64.5. The molecule has 0 unspecified atom stereocenters. The molecule has 322 valence electrons. The molecule has 18 atom stereocenters. The first-order chi connectivity index (χ1) is 27.1. The van der Waals surface area contributed by atoms with E-state index in [2.05, 4.69) is 34.6 Å². The lowest BCUT2D eigenvalue weighted by atomic mass is 9.78. The Morgan fingerprint density at radius 2 is 1.68 bits per heavy atom. The molecule has 6 heterocycles. The standard InChI is InChI=1S/C45H70O12/c1-12-43(39-26(3)22-34(52-39)36-25(2)21-27(4)45(55-36)24-51-41(56-45)31-13-15-32(48-9)16-14-31)18-17-35(53-43)42(8)19-20-44(57-42)23-33(46)28(5)38(54-44)29(6)37(49-10)30(7)40(47)50-11/h13-16,25-30,33-39,41,46H,12,17-24H2,1-11H3/t25-,26-,27+,28+,29-,30-,33-,34-,35+,36-,37+,38-,39+,41-,42+,43-,44+,45+/m0/s1. The van der Waals surface area contributed by atoms with Gasteiger partial charge >= 0.3 is 5.97 Å². The average Bonchev–Trinajstić information content (AvgIpc) is 4.00. The number of carbonyl (C=O) groups excluding carboxylic acids is 1. The van der Waals surface area contributed by atoms with Crippen molar-refractivity contribution >= 4 is 5.97 Å². The number of hydrogen-bond donors (Lipinski definition) is 1. The molecule has 12 heteroatoms. The summed E-state index contributed by atoms with van der Waals surface area (Å²) in [6.07, 6.45) is 3.61. The summed E-state index contributed by atoms with van der Waals surface area (Å²) in [5, 5.41) is 11.4. The fourth-order valence-corrected chi connectivity index (χ4v) is 11.6. The van der Waals surface area contributed by atoms with E-state index < -0.39 is 53.3 Å². The third kappa shape index (κ3) is 7.82. The number of benzene rings is 1. The second kappa shape index (κ2) is 16.5. The van der Waals surface area contributed by atoms with Gasteiger partial charge in [0.2, 0.25) is 0 Å². The molecule has 6 fully saturated rings. The highest BCUT2D eigenvalue weighted by Gasteiger charge is 2.63. The van der Waals surface area contributed by atoms with E-state index in [9.17, 15) is 9.90 Å². The summed E-state index contributed by atoms with van der Waals surface area (Å²) >= 11 is 0. The molecule has 0 radical (unpaired) electrons. The number of aliphatic hydroxyl groups is 1. The molecule has 0 bridgehead atoms. The average molecular weight is 803 g/mol. The highest BCUT2D eigenvalue weighted by molar-refractivity contribution is 5.72. The first-order valence-electron chi connectivity index (χ1n) is 21.7. The molecule has 6 saturated heterocycles. The number of aliphatic hydroxyl groups excluding tert-OH is 1. The third-order valence-electron chi connectivity index (χ3n) is 15.1. The van der Waals surface area contributed by atoms with Crippen molar-refractivity contribution in [1.29, 1.82) is 0 Å². The van der Waals surface area contributed by atoms with E-state index in [-0.39, 0.29) is 60.0 Å². The number of rotatable bonds is 11. The van der Waals surface area contributed by atoms with Crippen LogP contribution in [0.1, 0.15) is 119 Å². The van der Waals surface area contributed by atoms with Crippen LogP contribution in [0.5, 0.6) is 5.75 Å². The highest BCUT2D eigenvalue weighted by Crippen LogP contribution is 2.55. The fraction of sp³-hybridized carbons (Fsp3) is 0.844. The fourth-order valence-electron chi connectivity index (χ4n) is 11.6. The van der Waals surface area contributed by atoms with Crippen molar-refractivity contribution in [3.8, 4) is 5.75 Å². The van der Waals surface area contributed by atoms with Crippen LogP contribution in [0.4, 0.5) is 0 Å². The van der Waals surface area contributed by atoms with Crippen LogP contribution >= 0.6 is 0 Å². The minimum atomic E-state index is -0.963. The van der Waals surface area contributed by atoms with Crippen LogP contribution in [0.25, 0.3) is 0 Å². The first kappa shape index (κ1) is 43.2. The van der Waals surface area contributed by atoms with Gasteiger partial charge < -0.3 is 52.5 Å². The molecule has 1 aromatic carbocycles. The zero-order chi connectivity index (χ0) is 41.1. The Hall–Kier alpha value is -1.87. The van der Waals surface area contributed by atoms with E-state index in [0.29, 0.717) is 19.4 Å². The first-order valence-corrected chi connectivity index (χ1v) is 21.7. The van der Waals surface area contributed by atoms with E-state index in [1.807, 2.05) is 45.0 Å². The topological polar surface area (TPSA) is 130 Å². The molecule has 7 rings (SSSR count). The van der Waals surface area contributed by atoms with Gasteiger partial charge in [-0.25, -0.2) is 0 Å². The van der Waals surface area contributed by atoms with Gasteiger partial charge in [-0.2, -0.15) is 0 Å². The van der Waals surface area contributed by atoms with Crippen molar-refractivity contribution in [3.63, 3.8) is 0 Å². The molecule has 0 aromatic heterocycles. The second-order valence-corrected chi connectivity index (χ2v) is 18.8. The molecule has 6 aliphatic heterocycles. The maximum Gasteiger partial charge on any atom is 0.311 e. The van der Waals surface area contributed by atoms with Crippen LogP contribution in [0.2, 0.25) is 0 Å². The van der Waals surface area contributed by atoms with Crippen molar-refractivity contribution in [1.82, 2.24) is 0 Å². The summed E-state index contributed by atoms with van der Waals surface area (Å²) in [5.41, 5.74) is -0.145. The van der Waals surface area contributed by atoms with Crippen LogP contribution in [0.3, 0.4) is 0 Å². The van der Waals surface area contributed by atoms with E-state index in [0.717, 1.165) is 49.8 Å². The summed E-state index contributed by atoms with van der Waals surface area (Å²) in [6, 6.07) is 7.81. The lowest BCUT2D eigenvalue weighted by molar-refractivity contribution is -0.336. The van der Waals surface area contributed by atoms with Crippen LogP contribution in [0, 0.1) is 35.5 Å². The van der Waals surface area contributed by atoms with Gasteiger partial charge in [0.1, 0.15) is 12.4 Å². The normalized spacial score (nSPS) is 46.4.